The van der Waals surface area contributed by atoms with Gasteiger partial charge in [-0.05, 0) is 49.3 Å². The van der Waals surface area contributed by atoms with Gasteiger partial charge in [-0.2, -0.15) is 0 Å². The molecule has 0 spiro atoms. The Balaban J connectivity index is 2.15. The van der Waals surface area contributed by atoms with Gasteiger partial charge in [0.1, 0.15) is 0 Å². The molecule has 112 valence electrons. The smallest absolute Gasteiger partial charge is 0.161 e. The van der Waals surface area contributed by atoms with E-state index in [1.165, 1.54) is 12.8 Å². The topological polar surface area (TPSA) is 38.7 Å². The zero-order valence-electron chi connectivity index (χ0n) is 12.8. The van der Waals surface area contributed by atoms with Crippen LogP contribution in [-0.4, -0.2) is 19.3 Å². The van der Waals surface area contributed by atoms with Crippen LogP contribution in [0.4, 0.5) is 0 Å². The average Bonchev–Trinajstić information content (AvgIpc) is 2.49. The summed E-state index contributed by atoms with van der Waals surface area (Å²) in [6.45, 7) is 2.23. The van der Waals surface area contributed by atoms with Crippen LogP contribution in [0.3, 0.4) is 0 Å². The van der Waals surface area contributed by atoms with Gasteiger partial charge >= 0.3 is 0 Å². The third kappa shape index (κ3) is 3.09. The number of rotatable bonds is 5. The molecule has 0 heterocycles. The van der Waals surface area contributed by atoms with Crippen LogP contribution in [0, 0.1) is 5.92 Å². The van der Waals surface area contributed by atoms with Crippen LogP contribution in [-0.2, 0) is 5.60 Å². The quantitative estimate of drug-likeness (QED) is 0.888. The Labute approximate surface area is 121 Å². The molecule has 20 heavy (non-hydrogen) atoms. The highest BCUT2D eigenvalue weighted by molar-refractivity contribution is 5.44. The summed E-state index contributed by atoms with van der Waals surface area (Å²) in [6.07, 6.45) is 6.42. The van der Waals surface area contributed by atoms with E-state index in [1.54, 1.807) is 14.2 Å². The fraction of sp³-hybridized carbons (Fsp3) is 0.647. The van der Waals surface area contributed by atoms with Crippen molar-refractivity contribution in [3.8, 4) is 11.5 Å². The molecule has 0 aliphatic heterocycles. The van der Waals surface area contributed by atoms with Crippen LogP contribution in [0.5, 0.6) is 11.5 Å². The van der Waals surface area contributed by atoms with Crippen LogP contribution in [0.15, 0.2) is 18.2 Å². The zero-order valence-corrected chi connectivity index (χ0v) is 12.8. The predicted octanol–water partition coefficient (Wildman–Crippen LogP) is 3.88. The molecule has 0 radical (unpaired) electrons. The van der Waals surface area contributed by atoms with Gasteiger partial charge in [0.25, 0.3) is 0 Å². The maximum absolute atomic E-state index is 10.9. The number of methoxy groups -OCH3 is 2. The Morgan fingerprint density at radius 1 is 1.15 bits per heavy atom. The molecule has 1 aromatic rings. The second-order valence-corrected chi connectivity index (χ2v) is 5.83. The van der Waals surface area contributed by atoms with Gasteiger partial charge in [0.05, 0.1) is 19.8 Å². The lowest BCUT2D eigenvalue weighted by Gasteiger charge is -2.36. The molecule has 3 heteroatoms. The van der Waals surface area contributed by atoms with E-state index in [4.69, 9.17) is 9.47 Å². The Hall–Kier alpha value is -1.22. The van der Waals surface area contributed by atoms with E-state index >= 15 is 0 Å². The fourth-order valence-corrected chi connectivity index (χ4v) is 3.27. The number of benzene rings is 1. The van der Waals surface area contributed by atoms with Gasteiger partial charge in [0, 0.05) is 0 Å². The van der Waals surface area contributed by atoms with Crippen molar-refractivity contribution in [2.45, 2.75) is 51.0 Å². The Bertz CT molecular complexity index is 434. The van der Waals surface area contributed by atoms with Crippen molar-refractivity contribution in [3.05, 3.63) is 23.8 Å². The Morgan fingerprint density at radius 3 is 2.35 bits per heavy atom. The summed E-state index contributed by atoms with van der Waals surface area (Å²) in [7, 11) is 3.26. The first kappa shape index (κ1) is 15.2. The maximum atomic E-state index is 10.9. The highest BCUT2D eigenvalue weighted by Crippen LogP contribution is 2.42. The van der Waals surface area contributed by atoms with Crippen molar-refractivity contribution in [2.75, 3.05) is 14.2 Å². The van der Waals surface area contributed by atoms with Gasteiger partial charge < -0.3 is 14.6 Å². The van der Waals surface area contributed by atoms with Crippen molar-refractivity contribution in [2.24, 2.45) is 5.92 Å². The summed E-state index contributed by atoms with van der Waals surface area (Å²) in [4.78, 5) is 0. The number of aliphatic hydroxyl groups is 1. The highest BCUT2D eigenvalue weighted by atomic mass is 16.5. The molecule has 1 N–H and O–H groups in total. The fourth-order valence-electron chi connectivity index (χ4n) is 3.27. The first-order chi connectivity index (χ1) is 9.62. The number of hydrogen-bond acceptors (Lipinski definition) is 3. The molecule has 2 rings (SSSR count). The SMILES string of the molecule is CCCC1CCC(O)(c2ccc(OC)c(OC)c2)CC1. The van der Waals surface area contributed by atoms with Crippen LogP contribution < -0.4 is 9.47 Å². The summed E-state index contributed by atoms with van der Waals surface area (Å²) in [5.41, 5.74) is 0.245. The molecule has 1 aliphatic rings. The molecule has 0 atom stereocenters. The standard InChI is InChI=1S/C17H26O3/c1-4-5-13-8-10-17(18,11-9-13)14-6-7-15(19-2)16(12-14)20-3/h6-7,12-13,18H,4-5,8-11H2,1-3H3. The summed E-state index contributed by atoms with van der Waals surface area (Å²) in [5.74, 6) is 2.18. The van der Waals surface area contributed by atoms with Gasteiger partial charge in [-0.25, -0.2) is 0 Å². The molecular formula is C17H26O3. The molecule has 0 aromatic heterocycles. The van der Waals surface area contributed by atoms with Gasteiger partial charge in [0.2, 0.25) is 0 Å². The minimum absolute atomic E-state index is 0.689. The summed E-state index contributed by atoms with van der Waals surface area (Å²) in [6, 6.07) is 5.75. The van der Waals surface area contributed by atoms with Crippen molar-refractivity contribution in [1.29, 1.82) is 0 Å². The lowest BCUT2D eigenvalue weighted by atomic mass is 9.74. The summed E-state index contributed by atoms with van der Waals surface area (Å²) < 4.78 is 10.6. The zero-order chi connectivity index (χ0) is 14.6. The highest BCUT2D eigenvalue weighted by Gasteiger charge is 2.35. The molecular weight excluding hydrogens is 252 g/mol. The molecule has 3 nitrogen and oxygen atoms in total. The second kappa shape index (κ2) is 6.49. The first-order valence-electron chi connectivity index (χ1n) is 7.58. The Kier molecular flexibility index (Phi) is 4.92. The van der Waals surface area contributed by atoms with Crippen LogP contribution >= 0.6 is 0 Å². The molecule has 1 saturated carbocycles. The van der Waals surface area contributed by atoms with Crippen molar-refractivity contribution >= 4 is 0 Å². The molecule has 1 aliphatic carbocycles. The Morgan fingerprint density at radius 2 is 1.80 bits per heavy atom. The number of ether oxygens (including phenoxy) is 2. The summed E-state index contributed by atoms with van der Waals surface area (Å²) in [5, 5.41) is 10.9. The average molecular weight is 278 g/mol. The van der Waals surface area contributed by atoms with Crippen LogP contribution in [0.25, 0.3) is 0 Å². The molecule has 0 amide bonds. The van der Waals surface area contributed by atoms with E-state index in [9.17, 15) is 5.11 Å². The maximum Gasteiger partial charge on any atom is 0.161 e. The lowest BCUT2D eigenvalue weighted by Crippen LogP contribution is -2.31. The minimum Gasteiger partial charge on any atom is -0.493 e. The van der Waals surface area contributed by atoms with E-state index < -0.39 is 5.60 Å². The van der Waals surface area contributed by atoms with Crippen LogP contribution in [0.2, 0.25) is 0 Å². The second-order valence-electron chi connectivity index (χ2n) is 5.83. The van der Waals surface area contributed by atoms with Gasteiger partial charge in [-0.1, -0.05) is 25.8 Å². The van der Waals surface area contributed by atoms with E-state index in [1.807, 2.05) is 18.2 Å². The van der Waals surface area contributed by atoms with E-state index in [0.717, 1.165) is 37.2 Å². The monoisotopic (exact) mass is 278 g/mol. The molecule has 1 aromatic carbocycles. The molecule has 1 fully saturated rings. The lowest BCUT2D eigenvalue weighted by molar-refractivity contribution is -0.0154. The van der Waals surface area contributed by atoms with Crippen molar-refractivity contribution < 1.29 is 14.6 Å². The molecule has 0 bridgehead atoms. The molecule has 0 saturated heterocycles. The predicted molar refractivity (Wildman–Crippen MR) is 80.3 cm³/mol. The van der Waals surface area contributed by atoms with E-state index in [0.29, 0.717) is 11.5 Å². The molecule has 0 unspecified atom stereocenters. The largest absolute Gasteiger partial charge is 0.493 e. The normalized spacial score (nSPS) is 26.3. The first-order valence-corrected chi connectivity index (χ1v) is 7.58. The third-order valence-corrected chi connectivity index (χ3v) is 4.55. The minimum atomic E-state index is -0.705. The van der Waals surface area contributed by atoms with Crippen LogP contribution in [0.1, 0.15) is 51.0 Å². The van der Waals surface area contributed by atoms with E-state index in [-0.39, 0.29) is 0 Å². The van der Waals surface area contributed by atoms with Crippen molar-refractivity contribution in [1.82, 2.24) is 0 Å². The third-order valence-electron chi connectivity index (χ3n) is 4.55. The summed E-state index contributed by atoms with van der Waals surface area (Å²) >= 11 is 0. The van der Waals surface area contributed by atoms with Crippen molar-refractivity contribution in [3.63, 3.8) is 0 Å². The van der Waals surface area contributed by atoms with Gasteiger partial charge in [0.15, 0.2) is 11.5 Å². The van der Waals surface area contributed by atoms with Gasteiger partial charge in [-0.15, -0.1) is 0 Å². The van der Waals surface area contributed by atoms with E-state index in [2.05, 4.69) is 6.92 Å². The number of hydrogen-bond donors (Lipinski definition) is 1. The van der Waals surface area contributed by atoms with Gasteiger partial charge in [-0.3, -0.25) is 0 Å².